The van der Waals surface area contributed by atoms with Crippen molar-refractivity contribution in [1.29, 1.82) is 0 Å². The lowest BCUT2D eigenvalue weighted by atomic mass is 10.1. The number of carbonyl (C=O) groups is 1. The molecule has 0 bridgehead atoms. The minimum atomic E-state index is -0.798. The summed E-state index contributed by atoms with van der Waals surface area (Å²) in [6.45, 7) is 0. The maximum Gasteiger partial charge on any atom is 0.232 e. The summed E-state index contributed by atoms with van der Waals surface area (Å²) in [6.07, 6.45) is -0.798. The second-order valence-electron chi connectivity index (χ2n) is 5.62. The molecule has 0 amide bonds. The molecule has 1 atom stereocenters. The van der Waals surface area contributed by atoms with Gasteiger partial charge in [0.1, 0.15) is 5.69 Å². The summed E-state index contributed by atoms with van der Waals surface area (Å²) in [5.41, 5.74) is 8.02. The number of H-pyrrole nitrogens is 1. The first-order valence-electron chi connectivity index (χ1n) is 7.80. The van der Waals surface area contributed by atoms with Crippen LogP contribution in [0.1, 0.15) is 10.4 Å². The lowest BCUT2D eigenvalue weighted by molar-refractivity contribution is 0.0980. The van der Waals surface area contributed by atoms with Crippen molar-refractivity contribution >= 4 is 45.4 Å². The molecule has 5 N–H and O–H groups in total. The van der Waals surface area contributed by atoms with Crippen LogP contribution in [0.4, 0.5) is 11.4 Å². The van der Waals surface area contributed by atoms with E-state index in [9.17, 15) is 9.90 Å². The quantitative estimate of drug-likeness (QED) is 0.276. The van der Waals surface area contributed by atoms with Crippen molar-refractivity contribution in [3.8, 4) is 5.88 Å². The predicted molar refractivity (Wildman–Crippen MR) is 102 cm³/mol. The van der Waals surface area contributed by atoms with Crippen LogP contribution in [0.2, 0.25) is 0 Å². The summed E-state index contributed by atoms with van der Waals surface area (Å²) in [6, 6.07) is 14.6. The zero-order valence-corrected chi connectivity index (χ0v) is 14.2. The lowest BCUT2D eigenvalue weighted by Crippen LogP contribution is -2.27. The molecule has 3 aromatic rings. The number of hydrogen-bond donors (Lipinski definition) is 5. The molecule has 8 nitrogen and oxygen atoms in total. The van der Waals surface area contributed by atoms with E-state index < -0.39 is 6.17 Å². The molecule has 4 rings (SSSR count). The Morgan fingerprint density at radius 2 is 1.92 bits per heavy atom. The number of rotatable bonds is 3. The number of azo groups is 1. The number of aromatic hydroxyl groups is 1. The normalized spacial score (nSPS) is 15.8. The molecule has 2 heterocycles. The van der Waals surface area contributed by atoms with Crippen LogP contribution in [0, 0.1) is 0 Å². The van der Waals surface area contributed by atoms with Gasteiger partial charge in [0, 0.05) is 16.6 Å². The highest BCUT2D eigenvalue weighted by atomic mass is 32.1. The van der Waals surface area contributed by atoms with E-state index in [1.807, 2.05) is 30.3 Å². The van der Waals surface area contributed by atoms with E-state index in [0.717, 1.165) is 16.6 Å². The smallest absolute Gasteiger partial charge is 0.232 e. The van der Waals surface area contributed by atoms with E-state index in [4.69, 9.17) is 12.2 Å². The van der Waals surface area contributed by atoms with Gasteiger partial charge in [-0.25, -0.2) is 0 Å². The molecule has 0 fully saturated rings. The second-order valence-corrected chi connectivity index (χ2v) is 6.01. The third kappa shape index (κ3) is 2.84. The average Bonchev–Trinajstić information content (AvgIpc) is 3.15. The van der Waals surface area contributed by atoms with Crippen molar-refractivity contribution in [1.82, 2.24) is 10.4 Å². The number of nitrogens with one attached hydrogen (secondary N) is 4. The standard InChI is InChI=1S/C17H14N6O2S/c24-14-10-6-2-4-8-12(10)18-15(14)21-23-17(26)22-20-13-9-5-1-3-7-11(9)19-16(13)25/h1-8,15,18-20,25H,(H,22,26). The summed E-state index contributed by atoms with van der Waals surface area (Å²) >= 11 is 5.09. The van der Waals surface area contributed by atoms with Crippen molar-refractivity contribution in [3.63, 3.8) is 0 Å². The fraction of sp³-hybridized carbons (Fsp3) is 0.0588. The van der Waals surface area contributed by atoms with E-state index in [1.165, 1.54) is 0 Å². The van der Waals surface area contributed by atoms with Gasteiger partial charge >= 0.3 is 0 Å². The summed E-state index contributed by atoms with van der Waals surface area (Å²) in [4.78, 5) is 15.1. The van der Waals surface area contributed by atoms with Crippen molar-refractivity contribution in [3.05, 3.63) is 54.1 Å². The van der Waals surface area contributed by atoms with Gasteiger partial charge in [0.15, 0.2) is 0 Å². The summed E-state index contributed by atoms with van der Waals surface area (Å²) in [5.74, 6) is -0.184. The summed E-state index contributed by atoms with van der Waals surface area (Å²) in [7, 11) is 0. The van der Waals surface area contributed by atoms with Crippen LogP contribution < -0.4 is 16.2 Å². The molecule has 1 aliphatic rings. The number of fused-ring (bicyclic) bond motifs is 2. The van der Waals surface area contributed by atoms with Crippen LogP contribution in [-0.2, 0) is 0 Å². The van der Waals surface area contributed by atoms with Crippen LogP contribution in [0.3, 0.4) is 0 Å². The molecule has 1 unspecified atom stereocenters. The van der Waals surface area contributed by atoms with Gasteiger partial charge in [0.2, 0.25) is 22.9 Å². The van der Waals surface area contributed by atoms with E-state index in [2.05, 4.69) is 31.4 Å². The number of thiocarbonyl (C=S) groups is 1. The number of hydrogen-bond acceptors (Lipinski definition) is 6. The van der Waals surface area contributed by atoms with E-state index in [1.54, 1.807) is 18.2 Å². The number of Topliss-reactive ketones (excluding diaryl/α,β-unsaturated/α-hetero) is 1. The number of aromatic nitrogens is 1. The zero-order valence-electron chi connectivity index (χ0n) is 13.4. The van der Waals surface area contributed by atoms with Crippen LogP contribution in [0.25, 0.3) is 10.9 Å². The highest BCUT2D eigenvalue weighted by Gasteiger charge is 2.29. The minimum Gasteiger partial charge on any atom is -0.493 e. The number of ketones is 1. The van der Waals surface area contributed by atoms with E-state index in [0.29, 0.717) is 11.3 Å². The Kier molecular flexibility index (Phi) is 3.98. The van der Waals surface area contributed by atoms with Gasteiger partial charge in [-0.05, 0) is 30.4 Å². The summed E-state index contributed by atoms with van der Waals surface area (Å²) in [5, 5.41) is 21.6. The minimum absolute atomic E-state index is 0.0264. The first-order valence-corrected chi connectivity index (χ1v) is 8.20. The van der Waals surface area contributed by atoms with Crippen molar-refractivity contribution in [2.75, 3.05) is 10.7 Å². The number of anilines is 2. The van der Waals surface area contributed by atoms with Crippen LogP contribution >= 0.6 is 12.2 Å². The maximum atomic E-state index is 12.2. The maximum absolute atomic E-state index is 12.2. The monoisotopic (exact) mass is 366 g/mol. The number of carbonyl (C=O) groups excluding carboxylic acids is 1. The second kappa shape index (κ2) is 6.45. The Labute approximate surface area is 153 Å². The van der Waals surface area contributed by atoms with E-state index >= 15 is 0 Å². The molecule has 0 saturated carbocycles. The molecule has 26 heavy (non-hydrogen) atoms. The molecular formula is C17H14N6O2S. The topological polar surface area (TPSA) is 114 Å². The van der Waals surface area contributed by atoms with Gasteiger partial charge in [-0.3, -0.25) is 15.6 Å². The fourth-order valence-corrected chi connectivity index (χ4v) is 2.87. The first-order chi connectivity index (χ1) is 12.6. The molecule has 0 radical (unpaired) electrons. The van der Waals surface area contributed by atoms with Gasteiger partial charge in [-0.2, -0.15) is 5.11 Å². The number of nitrogens with zero attached hydrogens (tertiary/aromatic N) is 2. The van der Waals surface area contributed by atoms with Crippen molar-refractivity contribution in [2.45, 2.75) is 6.17 Å². The van der Waals surface area contributed by atoms with Crippen molar-refractivity contribution < 1.29 is 9.90 Å². The molecule has 2 aromatic carbocycles. The van der Waals surface area contributed by atoms with Gasteiger partial charge in [0.05, 0.1) is 5.52 Å². The Morgan fingerprint density at radius 3 is 2.77 bits per heavy atom. The van der Waals surface area contributed by atoms with Crippen LogP contribution in [0.15, 0.2) is 58.8 Å². The van der Waals surface area contributed by atoms with Gasteiger partial charge in [-0.1, -0.05) is 30.3 Å². The summed E-state index contributed by atoms with van der Waals surface area (Å²) < 4.78 is 0. The largest absolute Gasteiger partial charge is 0.493 e. The molecule has 1 aliphatic heterocycles. The zero-order chi connectivity index (χ0) is 18.1. The molecule has 130 valence electrons. The van der Waals surface area contributed by atoms with E-state index in [-0.39, 0.29) is 16.8 Å². The first kappa shape index (κ1) is 16.0. The highest BCUT2D eigenvalue weighted by Crippen LogP contribution is 2.31. The Hall–Kier alpha value is -3.46. The number of benzene rings is 2. The van der Waals surface area contributed by atoms with Crippen molar-refractivity contribution in [2.24, 2.45) is 10.2 Å². The Balaban J connectivity index is 1.41. The SMILES string of the molecule is O=C1c2ccccc2NC1N=NC(=S)NNc1c(O)[nH]c2ccccc12. The number of aromatic amines is 1. The highest BCUT2D eigenvalue weighted by molar-refractivity contribution is 7.80. The lowest BCUT2D eigenvalue weighted by Gasteiger charge is -2.07. The molecule has 9 heteroatoms. The van der Waals surface area contributed by atoms with Crippen LogP contribution in [-0.4, -0.2) is 27.2 Å². The van der Waals surface area contributed by atoms with Gasteiger partial charge in [-0.15, -0.1) is 5.11 Å². The Bertz CT molecular complexity index is 1040. The third-order valence-corrected chi connectivity index (χ3v) is 4.16. The molecule has 0 saturated heterocycles. The Morgan fingerprint density at radius 1 is 1.15 bits per heavy atom. The fourth-order valence-electron chi connectivity index (χ4n) is 2.77. The molecular weight excluding hydrogens is 352 g/mol. The van der Waals surface area contributed by atoms with Gasteiger partial charge < -0.3 is 15.4 Å². The van der Waals surface area contributed by atoms with Crippen LogP contribution in [0.5, 0.6) is 5.88 Å². The number of para-hydroxylation sites is 2. The van der Waals surface area contributed by atoms with Gasteiger partial charge in [0.25, 0.3) is 0 Å². The molecule has 1 aromatic heterocycles. The third-order valence-electron chi connectivity index (χ3n) is 3.98. The molecule has 0 aliphatic carbocycles. The predicted octanol–water partition coefficient (Wildman–Crippen LogP) is 3.16. The average molecular weight is 366 g/mol. The number of hydrazine groups is 1. The molecule has 0 spiro atoms.